The van der Waals surface area contributed by atoms with Crippen molar-refractivity contribution in [1.29, 1.82) is 0 Å². The molecular formula is C24H41NO2. The Balaban J connectivity index is 1.43. The Bertz CT molecular complexity index is 495. The summed E-state index contributed by atoms with van der Waals surface area (Å²) in [5.74, 6) is 1.93. The van der Waals surface area contributed by atoms with E-state index in [0.29, 0.717) is 17.8 Å². The van der Waals surface area contributed by atoms with Gasteiger partial charge in [0.05, 0.1) is 12.2 Å². The molecule has 0 aromatic heterocycles. The fourth-order valence-electron chi connectivity index (χ4n) is 5.64. The molecule has 0 aromatic rings. The zero-order valence-electron chi connectivity index (χ0n) is 17.3. The summed E-state index contributed by atoms with van der Waals surface area (Å²) in [6, 6.07) is 0. The lowest BCUT2D eigenvalue weighted by molar-refractivity contribution is 0.135. The third-order valence-corrected chi connectivity index (χ3v) is 7.19. The van der Waals surface area contributed by atoms with Gasteiger partial charge < -0.3 is 15.5 Å². The molecule has 0 saturated heterocycles. The van der Waals surface area contributed by atoms with Crippen LogP contribution >= 0.6 is 0 Å². The number of fused-ring (bicyclic) bond motifs is 1. The molecule has 0 aliphatic heterocycles. The standard InChI is InChI=1S/C24H41NO2/c1-2-13-25-14-7-3-4-8-18-15-20-17-24(27)21(22(20)16-18)11-12-23(26)19-9-5-6-10-19/h8,11-12,19-27H,2-7,9-10,13-17H2,1H3/t20-,21+,22-,23+,24+/m0/s1. The average molecular weight is 376 g/mol. The lowest BCUT2D eigenvalue weighted by Gasteiger charge is -2.19. The normalized spacial score (nSPS) is 34.1. The highest BCUT2D eigenvalue weighted by molar-refractivity contribution is 5.18. The van der Waals surface area contributed by atoms with Gasteiger partial charge in [0.2, 0.25) is 0 Å². The Morgan fingerprint density at radius 1 is 1.15 bits per heavy atom. The minimum Gasteiger partial charge on any atom is -0.392 e. The number of aliphatic hydroxyl groups excluding tert-OH is 2. The highest BCUT2D eigenvalue weighted by atomic mass is 16.3. The van der Waals surface area contributed by atoms with Crippen molar-refractivity contribution in [3.63, 3.8) is 0 Å². The van der Waals surface area contributed by atoms with Gasteiger partial charge in [0.15, 0.2) is 0 Å². The molecular weight excluding hydrogens is 334 g/mol. The first-order chi connectivity index (χ1) is 13.2. The maximum atomic E-state index is 10.5. The number of nitrogens with one attached hydrogen (secondary N) is 1. The fraction of sp³-hybridized carbons (Fsp3) is 0.833. The number of unbranched alkanes of at least 4 members (excludes halogenated alkanes) is 2. The Morgan fingerprint density at radius 3 is 2.74 bits per heavy atom. The molecule has 0 unspecified atom stereocenters. The molecule has 3 nitrogen and oxygen atoms in total. The second-order valence-corrected chi connectivity index (χ2v) is 9.24. The summed E-state index contributed by atoms with van der Waals surface area (Å²) in [5, 5.41) is 24.4. The van der Waals surface area contributed by atoms with Crippen LogP contribution in [0.2, 0.25) is 0 Å². The fourth-order valence-corrected chi connectivity index (χ4v) is 5.64. The number of aliphatic hydroxyl groups is 2. The number of hydrogen-bond donors (Lipinski definition) is 3. The van der Waals surface area contributed by atoms with Crippen LogP contribution in [0.25, 0.3) is 0 Å². The van der Waals surface area contributed by atoms with E-state index < -0.39 is 0 Å². The third kappa shape index (κ3) is 5.92. The zero-order valence-corrected chi connectivity index (χ0v) is 17.3. The van der Waals surface area contributed by atoms with Crippen molar-refractivity contribution in [2.24, 2.45) is 23.7 Å². The van der Waals surface area contributed by atoms with Crippen molar-refractivity contribution < 1.29 is 10.2 Å². The van der Waals surface area contributed by atoms with Crippen molar-refractivity contribution >= 4 is 0 Å². The van der Waals surface area contributed by atoms with Crippen molar-refractivity contribution in [2.45, 2.75) is 89.8 Å². The molecule has 3 rings (SSSR count). The molecule has 154 valence electrons. The van der Waals surface area contributed by atoms with Gasteiger partial charge in [0, 0.05) is 5.92 Å². The van der Waals surface area contributed by atoms with E-state index in [1.807, 2.05) is 6.08 Å². The van der Waals surface area contributed by atoms with E-state index in [4.69, 9.17) is 0 Å². The lowest BCUT2D eigenvalue weighted by atomic mass is 9.89. The minimum atomic E-state index is -0.309. The summed E-state index contributed by atoms with van der Waals surface area (Å²) >= 11 is 0. The third-order valence-electron chi connectivity index (χ3n) is 7.19. The number of hydrogen-bond acceptors (Lipinski definition) is 3. The molecule has 0 bridgehead atoms. The van der Waals surface area contributed by atoms with Crippen molar-refractivity contribution in [2.75, 3.05) is 13.1 Å². The quantitative estimate of drug-likeness (QED) is 0.386. The first kappa shape index (κ1) is 21.1. The van der Waals surface area contributed by atoms with E-state index >= 15 is 0 Å². The molecule has 27 heavy (non-hydrogen) atoms. The van der Waals surface area contributed by atoms with E-state index in [-0.39, 0.29) is 18.1 Å². The van der Waals surface area contributed by atoms with E-state index in [1.54, 1.807) is 5.57 Å². The van der Waals surface area contributed by atoms with Gasteiger partial charge in [0.25, 0.3) is 0 Å². The van der Waals surface area contributed by atoms with Crippen LogP contribution in [0.5, 0.6) is 0 Å². The molecule has 3 N–H and O–H groups in total. The molecule has 3 heteroatoms. The molecule has 0 aromatic carbocycles. The monoisotopic (exact) mass is 375 g/mol. The van der Waals surface area contributed by atoms with Gasteiger partial charge in [-0.05, 0) is 88.6 Å². The molecule has 3 saturated carbocycles. The summed E-state index contributed by atoms with van der Waals surface area (Å²) in [7, 11) is 0. The van der Waals surface area contributed by atoms with Gasteiger partial charge in [-0.25, -0.2) is 0 Å². The summed E-state index contributed by atoms with van der Waals surface area (Å²) in [4.78, 5) is 0. The molecule has 3 aliphatic carbocycles. The molecule has 0 radical (unpaired) electrons. The first-order valence-corrected chi connectivity index (χ1v) is 11.6. The Kier molecular flexibility index (Phi) is 8.42. The van der Waals surface area contributed by atoms with Crippen LogP contribution in [-0.2, 0) is 0 Å². The van der Waals surface area contributed by atoms with Crippen molar-refractivity contribution in [3.05, 3.63) is 23.8 Å². The van der Waals surface area contributed by atoms with Gasteiger partial charge in [-0.3, -0.25) is 0 Å². The largest absolute Gasteiger partial charge is 0.392 e. The topological polar surface area (TPSA) is 52.5 Å². The predicted octanol–water partition coefficient (Wildman–Crippen LogP) is 4.60. The van der Waals surface area contributed by atoms with Crippen LogP contribution in [0.4, 0.5) is 0 Å². The zero-order chi connectivity index (χ0) is 19.1. The van der Waals surface area contributed by atoms with Gasteiger partial charge in [-0.15, -0.1) is 0 Å². The van der Waals surface area contributed by atoms with Crippen LogP contribution < -0.4 is 5.32 Å². The van der Waals surface area contributed by atoms with Crippen LogP contribution in [0.1, 0.15) is 77.6 Å². The SMILES string of the molecule is CCCNCCCCC=C1C[C@H]2C[C@@H](O)[C@H](C=C[C@@H](O)C3CCCC3)[C@H]2C1. The molecule has 3 aliphatic rings. The molecule has 0 spiro atoms. The predicted molar refractivity (Wildman–Crippen MR) is 113 cm³/mol. The summed E-state index contributed by atoms with van der Waals surface area (Å²) in [5.41, 5.74) is 1.62. The summed E-state index contributed by atoms with van der Waals surface area (Å²) in [6.45, 7) is 4.49. The number of allylic oxidation sites excluding steroid dienone is 2. The Hall–Kier alpha value is -0.640. The van der Waals surface area contributed by atoms with Gasteiger partial charge in [-0.1, -0.05) is 43.6 Å². The second kappa shape index (κ2) is 10.8. The van der Waals surface area contributed by atoms with E-state index in [9.17, 15) is 10.2 Å². The summed E-state index contributed by atoms with van der Waals surface area (Å²) < 4.78 is 0. The van der Waals surface area contributed by atoms with Crippen LogP contribution in [0.3, 0.4) is 0 Å². The van der Waals surface area contributed by atoms with Crippen molar-refractivity contribution in [3.8, 4) is 0 Å². The van der Waals surface area contributed by atoms with Gasteiger partial charge >= 0.3 is 0 Å². The molecule has 5 atom stereocenters. The van der Waals surface area contributed by atoms with Gasteiger partial charge in [0.1, 0.15) is 0 Å². The Labute approximate surface area is 166 Å². The molecule has 0 amide bonds. The maximum Gasteiger partial charge on any atom is 0.0749 e. The highest BCUT2D eigenvalue weighted by Crippen LogP contribution is 2.50. The van der Waals surface area contributed by atoms with Crippen LogP contribution in [-0.4, -0.2) is 35.5 Å². The van der Waals surface area contributed by atoms with Crippen LogP contribution in [0, 0.1) is 23.7 Å². The molecule has 3 fully saturated rings. The average Bonchev–Trinajstić information content (AvgIpc) is 3.36. The van der Waals surface area contributed by atoms with E-state index in [2.05, 4.69) is 24.4 Å². The smallest absolute Gasteiger partial charge is 0.0749 e. The van der Waals surface area contributed by atoms with Crippen LogP contribution in [0.15, 0.2) is 23.8 Å². The Morgan fingerprint density at radius 2 is 1.96 bits per heavy atom. The van der Waals surface area contributed by atoms with E-state index in [0.717, 1.165) is 38.8 Å². The van der Waals surface area contributed by atoms with Crippen molar-refractivity contribution in [1.82, 2.24) is 5.32 Å². The van der Waals surface area contributed by atoms with Gasteiger partial charge in [-0.2, -0.15) is 0 Å². The lowest BCUT2D eigenvalue weighted by Crippen LogP contribution is -2.19. The minimum absolute atomic E-state index is 0.210. The summed E-state index contributed by atoms with van der Waals surface area (Å²) in [6.07, 6.45) is 19.2. The highest BCUT2D eigenvalue weighted by Gasteiger charge is 2.45. The molecule has 0 heterocycles. The number of rotatable bonds is 10. The second-order valence-electron chi connectivity index (χ2n) is 9.24. The first-order valence-electron chi connectivity index (χ1n) is 11.6. The maximum absolute atomic E-state index is 10.5. The van der Waals surface area contributed by atoms with E-state index in [1.165, 1.54) is 44.9 Å².